The van der Waals surface area contributed by atoms with Gasteiger partial charge in [-0.25, -0.2) is 4.98 Å². The van der Waals surface area contributed by atoms with Crippen LogP contribution in [-0.2, 0) is 0 Å². The number of thioether (sulfide) groups is 1. The Kier molecular flexibility index (Phi) is 1.66. The summed E-state index contributed by atoms with van der Waals surface area (Å²) in [5.74, 6) is 1.72. The first-order valence-electron chi connectivity index (χ1n) is 5.29. The molecule has 0 spiro atoms. The Morgan fingerprint density at radius 3 is 3.06 bits per heavy atom. The van der Waals surface area contributed by atoms with Crippen LogP contribution in [0, 0.1) is 0 Å². The standard InChI is InChI=1S/C12H8N4S/c1-7-6-17-12-15-14-10-8-4-2-3-5-9(8)13-11(10)16(7)12/h2-5H,1,6H2. The van der Waals surface area contributed by atoms with Crippen molar-refractivity contribution in [3.05, 3.63) is 30.8 Å². The molecule has 82 valence electrons. The van der Waals surface area contributed by atoms with Gasteiger partial charge in [-0.05, 0) is 6.07 Å². The predicted molar refractivity (Wildman–Crippen MR) is 68.0 cm³/mol. The summed E-state index contributed by atoms with van der Waals surface area (Å²) in [5.41, 5.74) is 2.84. The third-order valence-corrected chi connectivity index (χ3v) is 3.92. The predicted octanol–water partition coefficient (Wildman–Crippen LogP) is 2.51. The molecule has 5 heteroatoms. The molecule has 0 radical (unpaired) electrons. The summed E-state index contributed by atoms with van der Waals surface area (Å²) < 4.78 is 2.01. The first-order valence-corrected chi connectivity index (χ1v) is 6.28. The molecule has 0 bridgehead atoms. The van der Waals surface area contributed by atoms with E-state index < -0.39 is 0 Å². The van der Waals surface area contributed by atoms with Gasteiger partial charge in [-0.15, -0.1) is 10.2 Å². The SMILES string of the molecule is C=C1CSc2nnc3c4ccccc4nc-3n21. The van der Waals surface area contributed by atoms with Crippen molar-refractivity contribution in [2.45, 2.75) is 5.16 Å². The maximum Gasteiger partial charge on any atom is 0.196 e. The van der Waals surface area contributed by atoms with Crippen LogP contribution >= 0.6 is 11.8 Å². The molecule has 0 unspecified atom stereocenters. The Morgan fingerprint density at radius 2 is 2.12 bits per heavy atom. The molecule has 0 atom stereocenters. The minimum atomic E-state index is 0.855. The summed E-state index contributed by atoms with van der Waals surface area (Å²) >= 11 is 1.65. The Labute approximate surface area is 102 Å². The molecule has 1 aromatic rings. The first kappa shape index (κ1) is 9.18. The van der Waals surface area contributed by atoms with Gasteiger partial charge in [-0.1, -0.05) is 36.5 Å². The molecule has 0 saturated heterocycles. The lowest BCUT2D eigenvalue weighted by atomic mass is 10.2. The van der Waals surface area contributed by atoms with Crippen molar-refractivity contribution in [1.29, 1.82) is 0 Å². The zero-order chi connectivity index (χ0) is 11.4. The first-order chi connectivity index (χ1) is 8.34. The van der Waals surface area contributed by atoms with Crippen LogP contribution in [-0.4, -0.2) is 25.5 Å². The maximum absolute atomic E-state index is 4.62. The van der Waals surface area contributed by atoms with Crippen LogP contribution in [0.1, 0.15) is 0 Å². The monoisotopic (exact) mass is 240 g/mol. The Bertz CT molecular complexity index is 731. The molecule has 4 nitrogen and oxygen atoms in total. The Morgan fingerprint density at radius 1 is 1.24 bits per heavy atom. The molecular weight excluding hydrogens is 232 g/mol. The zero-order valence-electron chi connectivity index (χ0n) is 8.92. The summed E-state index contributed by atoms with van der Waals surface area (Å²) in [4.78, 5) is 4.62. The van der Waals surface area contributed by atoms with Crippen molar-refractivity contribution >= 4 is 28.4 Å². The lowest BCUT2D eigenvalue weighted by molar-refractivity contribution is 0.776. The van der Waals surface area contributed by atoms with Gasteiger partial charge in [0.05, 0.1) is 5.52 Å². The van der Waals surface area contributed by atoms with Gasteiger partial charge in [-0.2, -0.15) is 0 Å². The van der Waals surface area contributed by atoms with Gasteiger partial charge in [0.15, 0.2) is 11.0 Å². The highest BCUT2D eigenvalue weighted by atomic mass is 32.2. The highest BCUT2D eigenvalue weighted by Gasteiger charge is 2.25. The normalized spacial score (nSPS) is 14.7. The third kappa shape index (κ3) is 1.12. The second kappa shape index (κ2) is 3.07. The molecule has 1 aromatic carbocycles. The van der Waals surface area contributed by atoms with E-state index in [4.69, 9.17) is 0 Å². The van der Waals surface area contributed by atoms with Crippen LogP contribution in [0.4, 0.5) is 0 Å². The smallest absolute Gasteiger partial charge is 0.196 e. The van der Waals surface area contributed by atoms with Crippen LogP contribution in [0.5, 0.6) is 0 Å². The molecule has 0 N–H and O–H groups in total. The van der Waals surface area contributed by atoms with E-state index in [0.717, 1.165) is 39.0 Å². The average Bonchev–Trinajstić information content (AvgIpc) is 2.90. The lowest BCUT2D eigenvalue weighted by Crippen LogP contribution is -2.04. The summed E-state index contributed by atoms with van der Waals surface area (Å²) in [6.45, 7) is 4.05. The van der Waals surface area contributed by atoms with Crippen molar-refractivity contribution < 1.29 is 0 Å². The number of aromatic nitrogens is 4. The van der Waals surface area contributed by atoms with Crippen LogP contribution in [0.25, 0.3) is 28.1 Å². The van der Waals surface area contributed by atoms with E-state index in [1.54, 1.807) is 11.8 Å². The van der Waals surface area contributed by atoms with Gasteiger partial charge >= 0.3 is 0 Å². The molecular formula is C12H8N4S. The quantitative estimate of drug-likeness (QED) is 0.605. The molecule has 0 aliphatic carbocycles. The number of nitrogens with zero attached hydrogens (tertiary/aromatic N) is 4. The second-order valence-electron chi connectivity index (χ2n) is 3.97. The number of fused-ring (bicyclic) bond motifs is 5. The molecule has 4 rings (SSSR count). The van der Waals surface area contributed by atoms with E-state index in [2.05, 4.69) is 21.8 Å². The molecule has 17 heavy (non-hydrogen) atoms. The molecule has 0 aromatic heterocycles. The second-order valence-corrected chi connectivity index (χ2v) is 4.92. The summed E-state index contributed by atoms with van der Waals surface area (Å²) in [6, 6.07) is 7.99. The van der Waals surface area contributed by atoms with Gasteiger partial charge < -0.3 is 0 Å². The van der Waals surface area contributed by atoms with Gasteiger partial charge in [0, 0.05) is 16.8 Å². The molecule has 3 aliphatic heterocycles. The van der Waals surface area contributed by atoms with Crippen molar-refractivity contribution in [3.8, 4) is 11.5 Å². The topological polar surface area (TPSA) is 43.6 Å². The number of hydrogen-bond acceptors (Lipinski definition) is 4. The molecule has 0 amide bonds. The number of para-hydroxylation sites is 1. The number of rotatable bonds is 0. The number of hydrogen-bond donors (Lipinski definition) is 0. The maximum atomic E-state index is 4.62. The van der Waals surface area contributed by atoms with E-state index in [-0.39, 0.29) is 0 Å². The Hall–Kier alpha value is -1.88. The van der Waals surface area contributed by atoms with Crippen LogP contribution in [0.2, 0.25) is 0 Å². The van der Waals surface area contributed by atoms with E-state index >= 15 is 0 Å². The Balaban J connectivity index is 2.19. The minimum Gasteiger partial charge on any atom is -0.274 e. The average molecular weight is 240 g/mol. The highest BCUT2D eigenvalue weighted by molar-refractivity contribution is 7.99. The van der Waals surface area contributed by atoms with E-state index in [0.29, 0.717) is 0 Å². The summed E-state index contributed by atoms with van der Waals surface area (Å²) in [5, 5.41) is 10.4. The summed E-state index contributed by atoms with van der Waals surface area (Å²) in [7, 11) is 0. The minimum absolute atomic E-state index is 0.855. The largest absolute Gasteiger partial charge is 0.274 e. The molecule has 0 fully saturated rings. The fraction of sp³-hybridized carbons (Fsp3) is 0.0833. The fourth-order valence-corrected chi connectivity index (χ4v) is 3.00. The van der Waals surface area contributed by atoms with Gasteiger partial charge in [0.2, 0.25) is 0 Å². The van der Waals surface area contributed by atoms with Crippen molar-refractivity contribution in [1.82, 2.24) is 19.7 Å². The zero-order valence-corrected chi connectivity index (χ0v) is 9.74. The van der Waals surface area contributed by atoms with Crippen molar-refractivity contribution in [2.75, 3.05) is 5.75 Å². The van der Waals surface area contributed by atoms with E-state index in [9.17, 15) is 0 Å². The van der Waals surface area contributed by atoms with E-state index in [1.165, 1.54) is 0 Å². The van der Waals surface area contributed by atoms with Crippen molar-refractivity contribution in [2.24, 2.45) is 0 Å². The molecule has 3 heterocycles. The molecule has 3 aliphatic rings. The highest BCUT2D eigenvalue weighted by Crippen LogP contribution is 2.37. The van der Waals surface area contributed by atoms with Crippen molar-refractivity contribution in [3.63, 3.8) is 0 Å². The van der Waals surface area contributed by atoms with Crippen LogP contribution in [0.15, 0.2) is 36.0 Å². The molecule has 0 saturated carbocycles. The van der Waals surface area contributed by atoms with E-state index in [1.807, 2.05) is 28.8 Å². The van der Waals surface area contributed by atoms with Gasteiger partial charge in [0.1, 0.15) is 5.69 Å². The van der Waals surface area contributed by atoms with Gasteiger partial charge in [0.25, 0.3) is 0 Å². The summed E-state index contributed by atoms with van der Waals surface area (Å²) in [6.07, 6.45) is 0. The van der Waals surface area contributed by atoms with Crippen LogP contribution in [0.3, 0.4) is 0 Å². The number of benzene rings is 1. The lowest BCUT2D eigenvalue weighted by Gasteiger charge is -2.07. The van der Waals surface area contributed by atoms with Gasteiger partial charge in [-0.3, -0.25) is 4.57 Å². The fourth-order valence-electron chi connectivity index (χ4n) is 2.13. The third-order valence-electron chi connectivity index (χ3n) is 2.92. The van der Waals surface area contributed by atoms with Crippen LogP contribution < -0.4 is 0 Å².